The molecule has 2 aromatic carbocycles. The molecule has 0 aliphatic carbocycles. The molecular formula is C22H23ClN4O4. The highest BCUT2D eigenvalue weighted by molar-refractivity contribution is 5.93. The molecule has 0 bridgehead atoms. The van der Waals surface area contributed by atoms with E-state index in [1.54, 1.807) is 13.2 Å². The molecule has 9 heteroatoms. The third kappa shape index (κ3) is 4.49. The first-order valence-corrected chi connectivity index (χ1v) is 9.40. The van der Waals surface area contributed by atoms with E-state index in [1.807, 2.05) is 45.0 Å². The lowest BCUT2D eigenvalue weighted by atomic mass is 10.1. The maximum Gasteiger partial charge on any atom is 0.163 e. The first-order chi connectivity index (χ1) is 14.5. The van der Waals surface area contributed by atoms with E-state index in [-0.39, 0.29) is 18.2 Å². The van der Waals surface area contributed by atoms with Crippen molar-refractivity contribution in [1.29, 1.82) is 0 Å². The maximum absolute atomic E-state index is 9.97. The first kappa shape index (κ1) is 22.2. The number of benzene rings is 2. The summed E-state index contributed by atoms with van der Waals surface area (Å²) < 4.78 is 16.7. The van der Waals surface area contributed by atoms with Gasteiger partial charge in [-0.15, -0.1) is 12.4 Å². The van der Waals surface area contributed by atoms with E-state index in [0.717, 1.165) is 33.7 Å². The smallest absolute Gasteiger partial charge is 0.163 e. The number of phenolic OH excluding ortho intramolecular Hbond substituents is 1. The Morgan fingerprint density at radius 3 is 2.55 bits per heavy atom. The van der Waals surface area contributed by atoms with Gasteiger partial charge >= 0.3 is 0 Å². The second-order valence-corrected chi connectivity index (χ2v) is 6.96. The minimum absolute atomic E-state index is 0. The first-order valence-electron chi connectivity index (χ1n) is 9.40. The number of methoxy groups -OCH3 is 1. The highest BCUT2D eigenvalue weighted by atomic mass is 35.5. The SMILES string of the molecule is COc1cc2c(Nc3ccc(C)c(O)c3)ncnc2cc1OCc1c(C)noc1C.Cl. The van der Waals surface area contributed by atoms with Crippen LogP contribution in [-0.4, -0.2) is 27.3 Å². The molecule has 0 unspecified atom stereocenters. The van der Waals surface area contributed by atoms with Crippen molar-refractivity contribution >= 4 is 34.8 Å². The van der Waals surface area contributed by atoms with Gasteiger partial charge in [0.1, 0.15) is 30.3 Å². The summed E-state index contributed by atoms with van der Waals surface area (Å²) in [5.41, 5.74) is 3.91. The molecule has 4 aromatic rings. The Labute approximate surface area is 185 Å². The zero-order valence-electron chi connectivity index (χ0n) is 17.6. The summed E-state index contributed by atoms with van der Waals surface area (Å²) in [5, 5.41) is 17.9. The summed E-state index contributed by atoms with van der Waals surface area (Å²) in [6.45, 7) is 5.88. The van der Waals surface area contributed by atoms with E-state index >= 15 is 0 Å². The predicted molar refractivity (Wildman–Crippen MR) is 120 cm³/mol. The molecular weight excluding hydrogens is 420 g/mol. The van der Waals surface area contributed by atoms with E-state index in [9.17, 15) is 5.11 Å². The summed E-state index contributed by atoms with van der Waals surface area (Å²) in [4.78, 5) is 8.71. The third-order valence-electron chi connectivity index (χ3n) is 4.95. The largest absolute Gasteiger partial charge is 0.508 e. The molecule has 2 N–H and O–H groups in total. The summed E-state index contributed by atoms with van der Waals surface area (Å²) in [6.07, 6.45) is 1.48. The molecule has 162 valence electrons. The minimum atomic E-state index is 0. The maximum atomic E-state index is 9.97. The van der Waals surface area contributed by atoms with Gasteiger partial charge in [-0.05, 0) is 38.5 Å². The van der Waals surface area contributed by atoms with E-state index in [1.165, 1.54) is 6.33 Å². The van der Waals surface area contributed by atoms with Crippen LogP contribution in [-0.2, 0) is 6.61 Å². The lowest BCUT2D eigenvalue weighted by molar-refractivity contribution is 0.282. The van der Waals surface area contributed by atoms with Gasteiger partial charge in [-0.2, -0.15) is 0 Å². The number of halogens is 1. The number of ether oxygens (including phenoxy) is 2. The molecule has 4 rings (SSSR count). The van der Waals surface area contributed by atoms with Crippen molar-refractivity contribution in [3.63, 3.8) is 0 Å². The molecule has 2 aromatic heterocycles. The van der Waals surface area contributed by atoms with Gasteiger partial charge in [-0.25, -0.2) is 9.97 Å². The Kier molecular flexibility index (Phi) is 6.50. The van der Waals surface area contributed by atoms with Gasteiger partial charge in [-0.3, -0.25) is 0 Å². The van der Waals surface area contributed by atoms with Crippen molar-refractivity contribution in [1.82, 2.24) is 15.1 Å². The Hall–Kier alpha value is -3.52. The van der Waals surface area contributed by atoms with Crippen LogP contribution in [0.25, 0.3) is 10.9 Å². The van der Waals surface area contributed by atoms with Crippen LogP contribution < -0.4 is 14.8 Å². The van der Waals surface area contributed by atoms with Gasteiger partial charge in [0, 0.05) is 23.2 Å². The second-order valence-electron chi connectivity index (χ2n) is 6.96. The molecule has 0 fully saturated rings. The Bertz CT molecular complexity index is 1210. The Morgan fingerprint density at radius 2 is 1.87 bits per heavy atom. The predicted octanol–water partition coefficient (Wildman–Crippen LogP) is 5.00. The molecule has 8 nitrogen and oxygen atoms in total. The standard InChI is InChI=1S/C22H22N4O4.ClH/c1-12-5-6-15(7-19(12)27)25-22-16-8-20(28-4)21(9-18(16)23-11-24-22)29-10-17-13(2)26-30-14(17)3;/h5-9,11,27H,10H2,1-4H3,(H,23,24,25);1H. The average Bonchev–Trinajstić information content (AvgIpc) is 3.06. The third-order valence-corrected chi connectivity index (χ3v) is 4.95. The highest BCUT2D eigenvalue weighted by Gasteiger charge is 2.15. The van der Waals surface area contributed by atoms with Crippen molar-refractivity contribution in [3.8, 4) is 17.2 Å². The number of aromatic nitrogens is 3. The molecule has 0 saturated carbocycles. The van der Waals surface area contributed by atoms with Crippen LogP contribution in [0.2, 0.25) is 0 Å². The van der Waals surface area contributed by atoms with Gasteiger partial charge in [-0.1, -0.05) is 11.2 Å². The van der Waals surface area contributed by atoms with Crippen LogP contribution in [0.4, 0.5) is 11.5 Å². The lowest BCUT2D eigenvalue weighted by Gasteiger charge is -2.14. The van der Waals surface area contributed by atoms with E-state index in [2.05, 4.69) is 20.4 Å². The van der Waals surface area contributed by atoms with Gasteiger partial charge < -0.3 is 24.4 Å². The molecule has 0 aliphatic heterocycles. The quantitative estimate of drug-likeness (QED) is 0.430. The average molecular weight is 443 g/mol. The van der Waals surface area contributed by atoms with Gasteiger partial charge in [0.25, 0.3) is 0 Å². The van der Waals surface area contributed by atoms with E-state index in [4.69, 9.17) is 14.0 Å². The zero-order chi connectivity index (χ0) is 21.3. The fraction of sp³-hybridized carbons (Fsp3) is 0.227. The minimum Gasteiger partial charge on any atom is -0.508 e. The topological polar surface area (TPSA) is 103 Å². The number of hydrogen-bond acceptors (Lipinski definition) is 8. The summed E-state index contributed by atoms with van der Waals surface area (Å²) in [6, 6.07) is 9.01. The molecule has 0 amide bonds. The number of aromatic hydroxyl groups is 1. The van der Waals surface area contributed by atoms with Crippen molar-refractivity contribution in [3.05, 3.63) is 59.2 Å². The fourth-order valence-corrected chi connectivity index (χ4v) is 3.12. The Balaban J connectivity index is 0.00000272. The molecule has 0 saturated heterocycles. The number of nitrogens with zero attached hydrogens (tertiary/aromatic N) is 3. The van der Waals surface area contributed by atoms with Crippen molar-refractivity contribution in [2.24, 2.45) is 0 Å². The highest BCUT2D eigenvalue weighted by Crippen LogP contribution is 2.35. The van der Waals surface area contributed by atoms with Crippen LogP contribution in [0.15, 0.2) is 41.2 Å². The number of rotatable bonds is 6. The summed E-state index contributed by atoms with van der Waals surface area (Å²) in [5.74, 6) is 2.65. The van der Waals surface area contributed by atoms with E-state index in [0.29, 0.717) is 29.4 Å². The van der Waals surface area contributed by atoms with Crippen LogP contribution in [0, 0.1) is 20.8 Å². The molecule has 0 spiro atoms. The molecule has 0 radical (unpaired) electrons. The molecule has 0 atom stereocenters. The normalized spacial score (nSPS) is 10.6. The molecule has 31 heavy (non-hydrogen) atoms. The summed E-state index contributed by atoms with van der Waals surface area (Å²) >= 11 is 0. The van der Waals surface area contributed by atoms with Crippen LogP contribution >= 0.6 is 12.4 Å². The monoisotopic (exact) mass is 442 g/mol. The molecule has 0 aliphatic rings. The van der Waals surface area contributed by atoms with Crippen LogP contribution in [0.1, 0.15) is 22.6 Å². The molecule has 2 heterocycles. The van der Waals surface area contributed by atoms with Gasteiger partial charge in [0.2, 0.25) is 0 Å². The van der Waals surface area contributed by atoms with Crippen molar-refractivity contribution < 1.29 is 19.1 Å². The van der Waals surface area contributed by atoms with Crippen molar-refractivity contribution in [2.45, 2.75) is 27.4 Å². The van der Waals surface area contributed by atoms with Gasteiger partial charge in [0.05, 0.1) is 23.9 Å². The van der Waals surface area contributed by atoms with E-state index < -0.39 is 0 Å². The number of nitrogens with one attached hydrogen (secondary N) is 1. The van der Waals surface area contributed by atoms with Crippen LogP contribution in [0.5, 0.6) is 17.2 Å². The van der Waals surface area contributed by atoms with Crippen LogP contribution in [0.3, 0.4) is 0 Å². The summed E-state index contributed by atoms with van der Waals surface area (Å²) in [7, 11) is 1.58. The second kappa shape index (κ2) is 9.09. The number of hydrogen-bond donors (Lipinski definition) is 2. The van der Waals surface area contributed by atoms with Gasteiger partial charge in [0.15, 0.2) is 11.5 Å². The number of aryl methyl sites for hydroxylation is 3. The number of anilines is 2. The zero-order valence-corrected chi connectivity index (χ0v) is 18.4. The van der Waals surface area contributed by atoms with Crippen molar-refractivity contribution in [2.75, 3.05) is 12.4 Å². The fourth-order valence-electron chi connectivity index (χ4n) is 3.12. The Morgan fingerprint density at radius 1 is 1.06 bits per heavy atom. The number of phenols is 1. The number of fused-ring (bicyclic) bond motifs is 1. The lowest BCUT2D eigenvalue weighted by Crippen LogP contribution is -2.01.